The first-order valence-electron chi connectivity index (χ1n) is 6.09. The highest BCUT2D eigenvalue weighted by molar-refractivity contribution is 6.40. The fraction of sp³-hybridized carbons (Fsp3) is 0.667. The standard InChI is InChI=1S/C12H20N4O3/c1-12(2,3)11(18)16-5-4-14-8(7-16)6-9(13)10(17)15-19/h13,19H,4-7H2,1-3H3,(H,15,17). The van der Waals surface area contributed by atoms with E-state index in [0.29, 0.717) is 25.3 Å². The number of hydrogen-bond acceptors (Lipinski definition) is 5. The quantitative estimate of drug-likeness (QED) is 0.387. The molecule has 0 bridgehead atoms. The summed E-state index contributed by atoms with van der Waals surface area (Å²) in [6.07, 6.45) is 0.0420. The van der Waals surface area contributed by atoms with Gasteiger partial charge in [0.2, 0.25) is 5.91 Å². The van der Waals surface area contributed by atoms with Crippen molar-refractivity contribution in [1.29, 1.82) is 5.41 Å². The highest BCUT2D eigenvalue weighted by atomic mass is 16.5. The van der Waals surface area contributed by atoms with Gasteiger partial charge in [-0.1, -0.05) is 20.8 Å². The Balaban J connectivity index is 2.65. The SMILES string of the molecule is CC(C)(C)C(=O)N1CCN=C(CC(=N)C(=O)NO)C1. The summed E-state index contributed by atoms with van der Waals surface area (Å²) < 4.78 is 0. The molecule has 2 amide bonds. The summed E-state index contributed by atoms with van der Waals surface area (Å²) in [4.78, 5) is 29.1. The minimum absolute atomic E-state index is 0.0260. The van der Waals surface area contributed by atoms with Crippen LogP contribution in [0.15, 0.2) is 4.99 Å². The molecule has 0 atom stereocenters. The van der Waals surface area contributed by atoms with Gasteiger partial charge in [0.15, 0.2) is 0 Å². The first kappa shape index (κ1) is 15.3. The lowest BCUT2D eigenvalue weighted by atomic mass is 9.94. The van der Waals surface area contributed by atoms with Crippen molar-refractivity contribution in [2.45, 2.75) is 27.2 Å². The molecule has 0 aromatic rings. The monoisotopic (exact) mass is 268 g/mol. The Morgan fingerprint density at radius 2 is 2.11 bits per heavy atom. The Bertz CT molecular complexity index is 423. The topological polar surface area (TPSA) is 106 Å². The number of rotatable bonds is 3. The van der Waals surface area contributed by atoms with Crippen molar-refractivity contribution in [3.8, 4) is 0 Å². The number of aliphatic imine (C=N–C) groups is 1. The van der Waals surface area contributed by atoms with Gasteiger partial charge in [-0.2, -0.15) is 0 Å². The molecule has 0 saturated carbocycles. The molecule has 3 N–H and O–H groups in total. The van der Waals surface area contributed by atoms with Crippen LogP contribution in [0.1, 0.15) is 27.2 Å². The lowest BCUT2D eigenvalue weighted by Crippen LogP contribution is -2.46. The number of nitrogens with zero attached hydrogens (tertiary/aromatic N) is 2. The largest absolute Gasteiger partial charge is 0.335 e. The Kier molecular flexibility index (Phi) is 4.77. The average Bonchev–Trinajstić information content (AvgIpc) is 2.36. The maximum absolute atomic E-state index is 12.1. The molecule has 0 aliphatic carbocycles. The van der Waals surface area contributed by atoms with Crippen LogP contribution in [0.2, 0.25) is 0 Å². The van der Waals surface area contributed by atoms with E-state index in [-0.39, 0.29) is 18.0 Å². The lowest BCUT2D eigenvalue weighted by molar-refractivity contribution is -0.138. The molecule has 19 heavy (non-hydrogen) atoms. The fourth-order valence-electron chi connectivity index (χ4n) is 1.79. The molecule has 1 aliphatic heterocycles. The van der Waals surface area contributed by atoms with Crippen molar-refractivity contribution in [1.82, 2.24) is 10.4 Å². The van der Waals surface area contributed by atoms with Crippen molar-refractivity contribution < 1.29 is 14.8 Å². The summed E-state index contributed by atoms with van der Waals surface area (Å²) >= 11 is 0. The van der Waals surface area contributed by atoms with Crippen LogP contribution in [-0.4, -0.2) is 53.0 Å². The molecule has 0 fully saturated rings. The predicted molar refractivity (Wildman–Crippen MR) is 70.6 cm³/mol. The molecule has 0 saturated heterocycles. The molecule has 0 spiro atoms. The highest BCUT2D eigenvalue weighted by Gasteiger charge is 2.29. The zero-order chi connectivity index (χ0) is 14.6. The number of hydroxylamine groups is 1. The molecule has 106 valence electrons. The molecule has 0 radical (unpaired) electrons. The number of hydrogen-bond donors (Lipinski definition) is 3. The van der Waals surface area contributed by atoms with E-state index in [1.165, 1.54) is 5.48 Å². The molecular weight excluding hydrogens is 248 g/mol. The van der Waals surface area contributed by atoms with Crippen molar-refractivity contribution in [3.63, 3.8) is 0 Å². The third-order valence-corrected chi connectivity index (χ3v) is 2.76. The maximum atomic E-state index is 12.1. The highest BCUT2D eigenvalue weighted by Crippen LogP contribution is 2.18. The van der Waals surface area contributed by atoms with E-state index in [1.807, 2.05) is 20.8 Å². The van der Waals surface area contributed by atoms with Crippen molar-refractivity contribution in [3.05, 3.63) is 0 Å². The maximum Gasteiger partial charge on any atom is 0.288 e. The summed E-state index contributed by atoms with van der Waals surface area (Å²) in [6, 6.07) is 0. The number of carbonyl (C=O) groups is 2. The van der Waals surface area contributed by atoms with Gasteiger partial charge in [-0.25, -0.2) is 5.48 Å². The van der Waals surface area contributed by atoms with Crippen molar-refractivity contribution in [2.75, 3.05) is 19.6 Å². The van der Waals surface area contributed by atoms with Crippen LogP contribution in [0.25, 0.3) is 0 Å². The second kappa shape index (κ2) is 5.92. The van der Waals surface area contributed by atoms with Gasteiger partial charge in [0.1, 0.15) is 5.71 Å². The van der Waals surface area contributed by atoms with Crippen molar-refractivity contribution in [2.24, 2.45) is 10.4 Å². The number of carbonyl (C=O) groups excluding carboxylic acids is 2. The smallest absolute Gasteiger partial charge is 0.288 e. The lowest BCUT2D eigenvalue weighted by Gasteiger charge is -2.32. The Morgan fingerprint density at radius 1 is 1.47 bits per heavy atom. The van der Waals surface area contributed by atoms with Gasteiger partial charge in [0.05, 0.1) is 13.1 Å². The summed E-state index contributed by atoms with van der Waals surface area (Å²) in [5.41, 5.74) is 1.29. The van der Waals surface area contributed by atoms with Crippen LogP contribution < -0.4 is 5.48 Å². The van der Waals surface area contributed by atoms with Gasteiger partial charge in [0, 0.05) is 24.1 Å². The van der Waals surface area contributed by atoms with E-state index in [2.05, 4.69) is 4.99 Å². The van der Waals surface area contributed by atoms with Gasteiger partial charge in [-0.3, -0.25) is 25.2 Å². The number of amides is 2. The van der Waals surface area contributed by atoms with Crippen LogP contribution in [0.3, 0.4) is 0 Å². The third kappa shape index (κ3) is 4.13. The molecule has 0 aromatic heterocycles. The average molecular weight is 268 g/mol. The minimum atomic E-state index is -0.845. The van der Waals surface area contributed by atoms with Crippen LogP contribution >= 0.6 is 0 Å². The zero-order valence-corrected chi connectivity index (χ0v) is 11.5. The first-order chi connectivity index (χ1) is 8.75. The van der Waals surface area contributed by atoms with Gasteiger partial charge in [0.25, 0.3) is 5.91 Å². The van der Waals surface area contributed by atoms with Gasteiger partial charge in [-0.05, 0) is 0 Å². The molecule has 0 unspecified atom stereocenters. The van der Waals surface area contributed by atoms with Crippen LogP contribution in [0.4, 0.5) is 0 Å². The van der Waals surface area contributed by atoms with Gasteiger partial charge >= 0.3 is 0 Å². The van der Waals surface area contributed by atoms with E-state index >= 15 is 0 Å². The third-order valence-electron chi connectivity index (χ3n) is 2.76. The normalized spacial score (nSPS) is 15.8. The van der Waals surface area contributed by atoms with E-state index in [0.717, 1.165) is 0 Å². The fourth-order valence-corrected chi connectivity index (χ4v) is 1.79. The zero-order valence-electron chi connectivity index (χ0n) is 11.5. The second-order valence-electron chi connectivity index (χ2n) is 5.52. The van der Waals surface area contributed by atoms with Gasteiger partial charge in [-0.15, -0.1) is 0 Å². The summed E-state index contributed by atoms with van der Waals surface area (Å²) in [7, 11) is 0. The molecule has 7 nitrogen and oxygen atoms in total. The number of nitrogens with one attached hydrogen (secondary N) is 2. The molecule has 1 aliphatic rings. The minimum Gasteiger partial charge on any atom is -0.335 e. The molecule has 0 aromatic carbocycles. The summed E-state index contributed by atoms with van der Waals surface area (Å²) in [5.74, 6) is -0.819. The van der Waals surface area contributed by atoms with E-state index in [9.17, 15) is 9.59 Å². The van der Waals surface area contributed by atoms with Crippen LogP contribution in [0, 0.1) is 10.8 Å². The predicted octanol–water partition coefficient (Wildman–Crippen LogP) is 0.231. The Hall–Kier alpha value is -1.76. The Labute approximate surface area is 112 Å². The van der Waals surface area contributed by atoms with Crippen LogP contribution in [0.5, 0.6) is 0 Å². The van der Waals surface area contributed by atoms with Crippen LogP contribution in [-0.2, 0) is 9.59 Å². The van der Waals surface area contributed by atoms with Gasteiger partial charge < -0.3 is 4.90 Å². The second-order valence-corrected chi connectivity index (χ2v) is 5.52. The molecular formula is C12H20N4O3. The Morgan fingerprint density at radius 3 is 2.63 bits per heavy atom. The summed E-state index contributed by atoms with van der Waals surface area (Å²) in [5, 5.41) is 15.9. The van der Waals surface area contributed by atoms with E-state index in [4.69, 9.17) is 10.6 Å². The summed E-state index contributed by atoms with van der Waals surface area (Å²) in [6.45, 7) is 6.91. The first-order valence-corrected chi connectivity index (χ1v) is 6.09. The van der Waals surface area contributed by atoms with E-state index in [1.54, 1.807) is 4.90 Å². The molecule has 7 heteroatoms. The van der Waals surface area contributed by atoms with Crippen molar-refractivity contribution >= 4 is 23.2 Å². The van der Waals surface area contributed by atoms with E-state index < -0.39 is 11.3 Å². The molecule has 1 heterocycles. The molecule has 1 rings (SSSR count).